The number of aromatic nitrogens is 3. The predicted molar refractivity (Wildman–Crippen MR) is 88.6 cm³/mol. The van der Waals surface area contributed by atoms with E-state index >= 15 is 0 Å². The van der Waals surface area contributed by atoms with Crippen molar-refractivity contribution in [1.82, 2.24) is 19.9 Å². The summed E-state index contributed by atoms with van der Waals surface area (Å²) in [7, 11) is 0. The van der Waals surface area contributed by atoms with Gasteiger partial charge in [0.1, 0.15) is 6.10 Å². The molecule has 24 heavy (non-hydrogen) atoms. The number of ether oxygens (including phenoxy) is 2. The van der Waals surface area contributed by atoms with Crippen molar-refractivity contribution >= 4 is 0 Å². The van der Waals surface area contributed by atoms with Crippen LogP contribution in [0, 0.1) is 6.92 Å². The van der Waals surface area contributed by atoms with Gasteiger partial charge in [0, 0.05) is 50.6 Å². The molecule has 0 aromatic carbocycles. The smallest absolute Gasteiger partial charge is 0.316 e. The Hall–Kier alpha value is -2.05. The predicted octanol–water partition coefficient (Wildman–Crippen LogP) is 1.99. The Morgan fingerprint density at radius 3 is 2.96 bits per heavy atom. The summed E-state index contributed by atoms with van der Waals surface area (Å²) in [6.07, 6.45) is 5.48. The van der Waals surface area contributed by atoms with Gasteiger partial charge in [-0.1, -0.05) is 6.07 Å². The SMILES string of the molecule is Cc1ccnc(O[C@H]2CCOC3(C2)CN(Cc2ccccn2)C3)n1. The fourth-order valence-electron chi connectivity index (χ4n) is 3.54. The zero-order valence-electron chi connectivity index (χ0n) is 13.9. The van der Waals surface area contributed by atoms with Gasteiger partial charge in [0.15, 0.2) is 0 Å². The van der Waals surface area contributed by atoms with Crippen LogP contribution >= 0.6 is 0 Å². The first-order valence-electron chi connectivity index (χ1n) is 8.43. The molecule has 2 fully saturated rings. The highest BCUT2D eigenvalue weighted by Gasteiger charge is 2.48. The second-order valence-electron chi connectivity index (χ2n) is 6.71. The van der Waals surface area contributed by atoms with Crippen LogP contribution in [-0.4, -0.2) is 51.3 Å². The Kier molecular flexibility index (Phi) is 4.16. The van der Waals surface area contributed by atoms with Gasteiger partial charge in [-0.05, 0) is 25.1 Å². The molecule has 6 nitrogen and oxygen atoms in total. The lowest BCUT2D eigenvalue weighted by molar-refractivity contribution is -0.188. The van der Waals surface area contributed by atoms with Gasteiger partial charge in [-0.15, -0.1) is 0 Å². The molecule has 2 aliphatic rings. The van der Waals surface area contributed by atoms with E-state index in [2.05, 4.69) is 25.9 Å². The maximum atomic E-state index is 6.08. The minimum Gasteiger partial charge on any atom is -0.460 e. The highest BCUT2D eigenvalue weighted by atomic mass is 16.5. The molecule has 0 aliphatic carbocycles. The third kappa shape index (κ3) is 3.39. The zero-order valence-corrected chi connectivity index (χ0v) is 13.9. The molecule has 2 aromatic heterocycles. The van der Waals surface area contributed by atoms with Gasteiger partial charge < -0.3 is 9.47 Å². The van der Waals surface area contributed by atoms with Crippen LogP contribution in [0.2, 0.25) is 0 Å². The summed E-state index contributed by atoms with van der Waals surface area (Å²) in [5, 5.41) is 0. The highest BCUT2D eigenvalue weighted by Crippen LogP contribution is 2.35. The van der Waals surface area contributed by atoms with E-state index in [9.17, 15) is 0 Å². The lowest BCUT2D eigenvalue weighted by atomic mass is 9.84. The van der Waals surface area contributed by atoms with Crippen LogP contribution < -0.4 is 4.74 Å². The third-order valence-corrected chi connectivity index (χ3v) is 4.63. The summed E-state index contributed by atoms with van der Waals surface area (Å²) < 4.78 is 12.1. The standard InChI is InChI=1S/C18H22N4O2/c1-14-5-8-20-17(21-14)24-16-6-9-23-18(10-16)12-22(13-18)11-15-4-2-3-7-19-15/h2-5,7-8,16H,6,9-13H2,1H3/t16-/m0/s1. The fourth-order valence-corrected chi connectivity index (χ4v) is 3.54. The average Bonchev–Trinajstić information content (AvgIpc) is 2.55. The molecule has 4 heterocycles. The molecule has 126 valence electrons. The van der Waals surface area contributed by atoms with Gasteiger partial charge in [0.25, 0.3) is 0 Å². The quantitative estimate of drug-likeness (QED) is 0.856. The molecule has 1 spiro atoms. The Morgan fingerprint density at radius 2 is 2.17 bits per heavy atom. The summed E-state index contributed by atoms with van der Waals surface area (Å²) >= 11 is 0. The van der Waals surface area contributed by atoms with Crippen LogP contribution in [-0.2, 0) is 11.3 Å². The maximum absolute atomic E-state index is 6.08. The van der Waals surface area contributed by atoms with E-state index < -0.39 is 0 Å². The Balaban J connectivity index is 1.33. The summed E-state index contributed by atoms with van der Waals surface area (Å²) in [5.41, 5.74) is 1.94. The molecule has 2 aliphatic heterocycles. The molecule has 1 atom stereocenters. The Bertz CT molecular complexity index is 688. The lowest BCUT2D eigenvalue weighted by Crippen LogP contribution is -2.65. The number of nitrogens with zero attached hydrogens (tertiary/aromatic N) is 4. The van der Waals surface area contributed by atoms with Crippen molar-refractivity contribution in [3.05, 3.63) is 48.0 Å². The first-order chi connectivity index (χ1) is 11.7. The Morgan fingerprint density at radius 1 is 1.25 bits per heavy atom. The highest BCUT2D eigenvalue weighted by molar-refractivity contribution is 5.09. The Labute approximate surface area is 141 Å². The molecular formula is C18H22N4O2. The monoisotopic (exact) mass is 326 g/mol. The molecule has 0 unspecified atom stereocenters. The number of likely N-dealkylation sites (tertiary alicyclic amines) is 1. The molecule has 4 rings (SSSR count). The molecular weight excluding hydrogens is 304 g/mol. The summed E-state index contributed by atoms with van der Waals surface area (Å²) in [5.74, 6) is 0. The number of hydrogen-bond acceptors (Lipinski definition) is 6. The van der Waals surface area contributed by atoms with E-state index in [1.54, 1.807) is 6.20 Å². The van der Waals surface area contributed by atoms with Gasteiger partial charge in [-0.2, -0.15) is 0 Å². The van der Waals surface area contributed by atoms with Gasteiger partial charge in [0.2, 0.25) is 0 Å². The minimum atomic E-state index is -0.0818. The maximum Gasteiger partial charge on any atom is 0.316 e. The van der Waals surface area contributed by atoms with Crippen LogP contribution in [0.3, 0.4) is 0 Å². The first-order valence-corrected chi connectivity index (χ1v) is 8.43. The summed E-state index contributed by atoms with van der Waals surface area (Å²) in [6.45, 7) is 5.41. The first kappa shape index (κ1) is 15.5. The van der Waals surface area contributed by atoms with Gasteiger partial charge in [0.05, 0.1) is 17.9 Å². The van der Waals surface area contributed by atoms with Crippen molar-refractivity contribution in [3.63, 3.8) is 0 Å². The lowest BCUT2D eigenvalue weighted by Gasteiger charge is -2.52. The van der Waals surface area contributed by atoms with Crippen LogP contribution in [0.5, 0.6) is 6.01 Å². The van der Waals surface area contributed by atoms with Crippen molar-refractivity contribution in [1.29, 1.82) is 0 Å². The minimum absolute atomic E-state index is 0.0818. The fraction of sp³-hybridized carbons (Fsp3) is 0.500. The van der Waals surface area contributed by atoms with E-state index in [4.69, 9.17) is 9.47 Å². The van der Waals surface area contributed by atoms with E-state index in [-0.39, 0.29) is 11.7 Å². The second-order valence-corrected chi connectivity index (χ2v) is 6.71. The molecule has 6 heteroatoms. The molecule has 0 bridgehead atoms. The van der Waals surface area contributed by atoms with Gasteiger partial charge >= 0.3 is 6.01 Å². The van der Waals surface area contributed by atoms with E-state index in [0.29, 0.717) is 6.01 Å². The largest absolute Gasteiger partial charge is 0.460 e. The molecule has 0 saturated carbocycles. The van der Waals surface area contributed by atoms with Crippen molar-refractivity contribution in [2.24, 2.45) is 0 Å². The van der Waals surface area contributed by atoms with Gasteiger partial charge in [-0.3, -0.25) is 9.88 Å². The van der Waals surface area contributed by atoms with Crippen molar-refractivity contribution in [3.8, 4) is 6.01 Å². The molecule has 2 saturated heterocycles. The zero-order chi connectivity index (χ0) is 16.4. The topological polar surface area (TPSA) is 60.4 Å². The van der Waals surface area contributed by atoms with Crippen LogP contribution in [0.1, 0.15) is 24.2 Å². The van der Waals surface area contributed by atoms with Crippen LogP contribution in [0.4, 0.5) is 0 Å². The molecule has 0 N–H and O–H groups in total. The summed E-state index contributed by atoms with van der Waals surface area (Å²) in [4.78, 5) is 15.3. The normalized spacial score (nSPS) is 23.0. The van der Waals surface area contributed by atoms with Gasteiger partial charge in [-0.25, -0.2) is 9.97 Å². The number of hydrogen-bond donors (Lipinski definition) is 0. The second kappa shape index (κ2) is 6.45. The number of pyridine rings is 1. The number of rotatable bonds is 4. The van der Waals surface area contributed by atoms with E-state index in [1.807, 2.05) is 31.3 Å². The molecule has 0 amide bonds. The van der Waals surface area contributed by atoms with E-state index in [1.165, 1.54) is 0 Å². The third-order valence-electron chi connectivity index (χ3n) is 4.63. The van der Waals surface area contributed by atoms with E-state index in [0.717, 1.165) is 50.5 Å². The van der Waals surface area contributed by atoms with Crippen molar-refractivity contribution in [2.45, 2.75) is 38.0 Å². The van der Waals surface area contributed by atoms with Crippen molar-refractivity contribution < 1.29 is 9.47 Å². The van der Waals surface area contributed by atoms with Crippen LogP contribution in [0.25, 0.3) is 0 Å². The van der Waals surface area contributed by atoms with Crippen LogP contribution in [0.15, 0.2) is 36.7 Å². The number of aryl methyl sites for hydroxylation is 1. The molecule has 0 radical (unpaired) electrons. The summed E-state index contributed by atoms with van der Waals surface area (Å²) in [6, 6.07) is 8.39. The molecule has 2 aromatic rings. The average molecular weight is 326 g/mol. The van der Waals surface area contributed by atoms with Crippen molar-refractivity contribution in [2.75, 3.05) is 19.7 Å².